The largest absolute Gasteiger partial charge is 0.493 e. The van der Waals surface area contributed by atoms with E-state index in [2.05, 4.69) is 15.0 Å². The van der Waals surface area contributed by atoms with Gasteiger partial charge in [0, 0.05) is 17.5 Å². The number of carbonyl (C=O) groups is 1. The van der Waals surface area contributed by atoms with Gasteiger partial charge < -0.3 is 14.8 Å². The molecule has 0 fully saturated rings. The lowest BCUT2D eigenvalue weighted by Gasteiger charge is -2.11. The van der Waals surface area contributed by atoms with Crippen LogP contribution in [0.15, 0.2) is 53.9 Å². The van der Waals surface area contributed by atoms with E-state index in [4.69, 9.17) is 4.74 Å². The molecule has 0 saturated carbocycles. The molecular formula is C20H18F2N2O3S. The first-order valence-corrected chi connectivity index (χ1v) is 9.35. The molecule has 2 aromatic carbocycles. The first-order valence-electron chi connectivity index (χ1n) is 8.47. The Labute approximate surface area is 164 Å². The highest BCUT2D eigenvalue weighted by Crippen LogP contribution is 2.29. The van der Waals surface area contributed by atoms with Crippen molar-refractivity contribution in [3.63, 3.8) is 0 Å². The Hall–Kier alpha value is -3.00. The van der Waals surface area contributed by atoms with E-state index in [1.165, 1.54) is 24.5 Å². The van der Waals surface area contributed by atoms with Crippen LogP contribution in [0.5, 0.6) is 11.5 Å². The van der Waals surface area contributed by atoms with Crippen LogP contribution in [-0.4, -0.2) is 31.2 Å². The number of hydrogen-bond donors (Lipinski definition) is 1. The zero-order valence-corrected chi connectivity index (χ0v) is 15.8. The minimum atomic E-state index is -2.92. The molecular weight excluding hydrogens is 386 g/mol. The fourth-order valence-electron chi connectivity index (χ4n) is 2.56. The standard InChI is InChI=1S/C20H18F2N2O3S/c1-26-17-11-13(7-8-16(17)27-20(21)22)9-10-23-18(25)15-12-28-19(24-15)14-5-3-2-4-6-14/h2-8,11-12,20H,9-10H2,1H3,(H,23,25). The zero-order valence-electron chi connectivity index (χ0n) is 15.0. The number of carbonyl (C=O) groups excluding carboxylic acids is 1. The molecule has 8 heteroatoms. The van der Waals surface area contributed by atoms with Crippen molar-refractivity contribution < 1.29 is 23.0 Å². The van der Waals surface area contributed by atoms with E-state index >= 15 is 0 Å². The van der Waals surface area contributed by atoms with Gasteiger partial charge in [-0.25, -0.2) is 4.98 Å². The highest BCUT2D eigenvalue weighted by Gasteiger charge is 2.13. The van der Waals surface area contributed by atoms with E-state index in [1.54, 1.807) is 17.5 Å². The normalized spacial score (nSPS) is 10.7. The van der Waals surface area contributed by atoms with E-state index in [0.29, 0.717) is 18.7 Å². The lowest BCUT2D eigenvalue weighted by atomic mass is 10.1. The third kappa shape index (κ3) is 5.04. The van der Waals surface area contributed by atoms with Gasteiger partial charge in [-0.05, 0) is 24.1 Å². The topological polar surface area (TPSA) is 60.5 Å². The number of alkyl halides is 2. The molecule has 146 valence electrons. The Bertz CT molecular complexity index is 932. The van der Waals surface area contributed by atoms with Gasteiger partial charge in [0.15, 0.2) is 11.5 Å². The van der Waals surface area contributed by atoms with Crippen molar-refractivity contribution in [2.45, 2.75) is 13.0 Å². The fourth-order valence-corrected chi connectivity index (χ4v) is 3.37. The molecule has 0 aliphatic carbocycles. The van der Waals surface area contributed by atoms with Crippen molar-refractivity contribution in [3.05, 3.63) is 65.2 Å². The average Bonchev–Trinajstić information content (AvgIpc) is 3.19. The number of nitrogens with one attached hydrogen (secondary N) is 1. The maximum absolute atomic E-state index is 12.4. The van der Waals surface area contributed by atoms with E-state index in [1.807, 2.05) is 30.3 Å². The average molecular weight is 404 g/mol. The summed E-state index contributed by atoms with van der Waals surface area (Å²) in [5, 5.41) is 5.31. The highest BCUT2D eigenvalue weighted by atomic mass is 32.1. The molecule has 0 aliphatic rings. The summed E-state index contributed by atoms with van der Waals surface area (Å²) in [4.78, 5) is 16.7. The van der Waals surface area contributed by atoms with Gasteiger partial charge >= 0.3 is 6.61 Å². The highest BCUT2D eigenvalue weighted by molar-refractivity contribution is 7.13. The van der Waals surface area contributed by atoms with Crippen LogP contribution in [-0.2, 0) is 6.42 Å². The number of thiazole rings is 1. The number of aromatic nitrogens is 1. The SMILES string of the molecule is COc1cc(CCNC(=O)c2csc(-c3ccccc3)n2)ccc1OC(F)F. The predicted molar refractivity (Wildman–Crippen MR) is 103 cm³/mol. The summed E-state index contributed by atoms with van der Waals surface area (Å²) in [7, 11) is 1.38. The summed E-state index contributed by atoms with van der Waals surface area (Å²) in [5.74, 6) is -0.0691. The van der Waals surface area contributed by atoms with Crippen LogP contribution in [0.3, 0.4) is 0 Å². The van der Waals surface area contributed by atoms with Crippen LogP contribution in [0, 0.1) is 0 Å². The monoisotopic (exact) mass is 404 g/mol. The lowest BCUT2D eigenvalue weighted by Crippen LogP contribution is -2.26. The number of hydrogen-bond acceptors (Lipinski definition) is 5. The molecule has 1 amide bonds. The number of nitrogens with zero attached hydrogens (tertiary/aromatic N) is 1. The van der Waals surface area contributed by atoms with E-state index in [-0.39, 0.29) is 17.4 Å². The number of benzene rings is 2. The molecule has 0 bridgehead atoms. The van der Waals surface area contributed by atoms with Crippen LogP contribution in [0.25, 0.3) is 10.6 Å². The number of rotatable bonds is 8. The molecule has 0 atom stereocenters. The molecule has 0 aliphatic heterocycles. The Morgan fingerprint density at radius 3 is 2.68 bits per heavy atom. The number of ether oxygens (including phenoxy) is 2. The molecule has 1 aromatic heterocycles. The fraction of sp³-hybridized carbons (Fsp3) is 0.200. The predicted octanol–water partition coefficient (Wildman–Crippen LogP) is 4.39. The van der Waals surface area contributed by atoms with Gasteiger partial charge in [-0.3, -0.25) is 4.79 Å². The van der Waals surface area contributed by atoms with Gasteiger partial charge in [0.25, 0.3) is 5.91 Å². The van der Waals surface area contributed by atoms with E-state index in [9.17, 15) is 13.6 Å². The Balaban J connectivity index is 1.56. The van der Waals surface area contributed by atoms with Crippen molar-refractivity contribution in [3.8, 4) is 22.1 Å². The quantitative estimate of drug-likeness (QED) is 0.605. The molecule has 0 radical (unpaired) electrons. The Kier molecular flexibility index (Phi) is 6.54. The van der Waals surface area contributed by atoms with Crippen LogP contribution in [0.4, 0.5) is 8.78 Å². The van der Waals surface area contributed by atoms with Crippen molar-refractivity contribution in [2.75, 3.05) is 13.7 Å². The van der Waals surface area contributed by atoms with Gasteiger partial charge in [-0.2, -0.15) is 8.78 Å². The second kappa shape index (κ2) is 9.27. The molecule has 0 spiro atoms. The van der Waals surface area contributed by atoms with Gasteiger partial charge in [0.1, 0.15) is 10.7 Å². The second-order valence-corrected chi connectivity index (χ2v) is 6.63. The number of amides is 1. The minimum Gasteiger partial charge on any atom is -0.493 e. The molecule has 5 nitrogen and oxygen atoms in total. The summed E-state index contributed by atoms with van der Waals surface area (Å²) in [5.41, 5.74) is 2.15. The van der Waals surface area contributed by atoms with Crippen LogP contribution in [0.2, 0.25) is 0 Å². The van der Waals surface area contributed by atoms with Crippen molar-refractivity contribution in [2.24, 2.45) is 0 Å². The van der Waals surface area contributed by atoms with Gasteiger partial charge in [0.05, 0.1) is 7.11 Å². The first-order chi connectivity index (χ1) is 13.6. The van der Waals surface area contributed by atoms with Crippen molar-refractivity contribution >= 4 is 17.2 Å². The van der Waals surface area contributed by atoms with Crippen molar-refractivity contribution in [1.29, 1.82) is 0 Å². The molecule has 0 saturated heterocycles. The molecule has 3 rings (SSSR count). The van der Waals surface area contributed by atoms with E-state index in [0.717, 1.165) is 16.1 Å². The molecule has 28 heavy (non-hydrogen) atoms. The molecule has 1 heterocycles. The summed E-state index contributed by atoms with van der Waals surface area (Å²) in [6.07, 6.45) is 0.507. The molecule has 0 unspecified atom stereocenters. The third-order valence-corrected chi connectivity index (χ3v) is 4.79. The molecule has 3 aromatic rings. The summed E-state index contributed by atoms with van der Waals surface area (Å²) in [6.45, 7) is -2.55. The number of methoxy groups -OCH3 is 1. The van der Waals surface area contributed by atoms with Crippen LogP contribution >= 0.6 is 11.3 Å². The van der Waals surface area contributed by atoms with Crippen LogP contribution in [0.1, 0.15) is 16.1 Å². The maximum atomic E-state index is 12.4. The van der Waals surface area contributed by atoms with Gasteiger partial charge in [-0.15, -0.1) is 11.3 Å². The number of halogens is 2. The van der Waals surface area contributed by atoms with E-state index < -0.39 is 6.61 Å². The second-order valence-electron chi connectivity index (χ2n) is 5.77. The summed E-state index contributed by atoms with van der Waals surface area (Å²) in [6, 6.07) is 14.3. The zero-order chi connectivity index (χ0) is 19.9. The first kappa shape index (κ1) is 19.8. The molecule has 1 N–H and O–H groups in total. The maximum Gasteiger partial charge on any atom is 0.387 e. The lowest BCUT2D eigenvalue weighted by molar-refractivity contribution is -0.0512. The summed E-state index contributed by atoms with van der Waals surface area (Å²) < 4.78 is 34.2. The smallest absolute Gasteiger partial charge is 0.387 e. The van der Waals surface area contributed by atoms with Gasteiger partial charge in [0.2, 0.25) is 0 Å². The van der Waals surface area contributed by atoms with Crippen molar-refractivity contribution in [1.82, 2.24) is 10.3 Å². The minimum absolute atomic E-state index is 0.0267. The van der Waals surface area contributed by atoms with Crippen LogP contribution < -0.4 is 14.8 Å². The Morgan fingerprint density at radius 2 is 1.96 bits per heavy atom. The Morgan fingerprint density at radius 1 is 1.18 bits per heavy atom. The third-order valence-electron chi connectivity index (χ3n) is 3.90. The van der Waals surface area contributed by atoms with Gasteiger partial charge in [-0.1, -0.05) is 36.4 Å². The summed E-state index contributed by atoms with van der Waals surface area (Å²) >= 11 is 1.41.